The number of anilines is 1. The number of ketones is 1. The Hall–Kier alpha value is -2.42. The fraction of sp³-hybridized carbons (Fsp3) is 0.222. The Balaban J connectivity index is 2.09. The van der Waals surface area contributed by atoms with Crippen LogP contribution < -0.4 is 5.32 Å². The lowest BCUT2D eigenvalue weighted by Gasteiger charge is -2.10. The predicted octanol–water partition coefficient (Wildman–Crippen LogP) is 3.90. The Bertz CT molecular complexity index is 617. The minimum Gasteiger partial charge on any atom is -0.326 e. The molecule has 3 heteroatoms. The fourth-order valence-electron chi connectivity index (χ4n) is 1.91. The van der Waals surface area contributed by atoms with Crippen LogP contribution in [-0.2, 0) is 4.79 Å². The average molecular weight is 281 g/mol. The first-order chi connectivity index (χ1) is 10.1. The SMILES string of the molecule is CC[C@H](C)C(=O)Nc1ccc(C(=O)c2ccccc2)cc1. The van der Waals surface area contributed by atoms with Crippen molar-refractivity contribution in [1.82, 2.24) is 0 Å². The number of benzene rings is 2. The van der Waals surface area contributed by atoms with Crippen molar-refractivity contribution in [3.05, 3.63) is 65.7 Å². The summed E-state index contributed by atoms with van der Waals surface area (Å²) in [5, 5.41) is 2.85. The Kier molecular flexibility index (Phi) is 4.88. The molecule has 0 bridgehead atoms. The molecule has 2 rings (SSSR count). The Labute approximate surface area is 125 Å². The van der Waals surface area contributed by atoms with E-state index in [2.05, 4.69) is 5.32 Å². The van der Waals surface area contributed by atoms with Crippen molar-refractivity contribution in [3.8, 4) is 0 Å². The maximum atomic E-state index is 12.2. The molecule has 1 amide bonds. The van der Waals surface area contributed by atoms with E-state index in [1.807, 2.05) is 32.0 Å². The Morgan fingerprint density at radius 1 is 0.952 bits per heavy atom. The van der Waals surface area contributed by atoms with Gasteiger partial charge in [0.1, 0.15) is 0 Å². The minimum atomic E-state index is -0.0181. The third-order valence-corrected chi connectivity index (χ3v) is 3.51. The molecule has 0 saturated carbocycles. The third-order valence-electron chi connectivity index (χ3n) is 3.51. The van der Waals surface area contributed by atoms with Crippen LogP contribution in [0.1, 0.15) is 36.2 Å². The zero-order valence-corrected chi connectivity index (χ0v) is 12.3. The summed E-state index contributed by atoms with van der Waals surface area (Å²) in [6.07, 6.45) is 0.802. The van der Waals surface area contributed by atoms with Gasteiger partial charge in [-0.3, -0.25) is 9.59 Å². The molecule has 0 unspecified atom stereocenters. The maximum Gasteiger partial charge on any atom is 0.227 e. The zero-order chi connectivity index (χ0) is 15.2. The summed E-state index contributed by atoms with van der Waals surface area (Å²) < 4.78 is 0. The molecule has 1 N–H and O–H groups in total. The smallest absolute Gasteiger partial charge is 0.227 e. The van der Waals surface area contributed by atoms with Gasteiger partial charge in [-0.1, -0.05) is 44.2 Å². The van der Waals surface area contributed by atoms with Gasteiger partial charge in [0.15, 0.2) is 5.78 Å². The molecule has 0 aliphatic carbocycles. The molecular weight excluding hydrogens is 262 g/mol. The molecule has 0 fully saturated rings. The minimum absolute atomic E-state index is 0.000337. The fourth-order valence-corrected chi connectivity index (χ4v) is 1.91. The quantitative estimate of drug-likeness (QED) is 0.845. The number of nitrogens with one attached hydrogen (secondary N) is 1. The van der Waals surface area contributed by atoms with Gasteiger partial charge in [0.2, 0.25) is 5.91 Å². The first-order valence-electron chi connectivity index (χ1n) is 7.12. The van der Waals surface area contributed by atoms with Crippen molar-refractivity contribution in [2.24, 2.45) is 5.92 Å². The van der Waals surface area contributed by atoms with E-state index in [9.17, 15) is 9.59 Å². The molecule has 2 aromatic rings. The van der Waals surface area contributed by atoms with Crippen LogP contribution >= 0.6 is 0 Å². The maximum absolute atomic E-state index is 12.2. The molecule has 2 aromatic carbocycles. The van der Waals surface area contributed by atoms with Crippen LogP contribution in [0.4, 0.5) is 5.69 Å². The van der Waals surface area contributed by atoms with E-state index in [4.69, 9.17) is 0 Å². The molecule has 1 atom stereocenters. The topological polar surface area (TPSA) is 46.2 Å². The van der Waals surface area contributed by atoms with Gasteiger partial charge in [-0.05, 0) is 30.7 Å². The van der Waals surface area contributed by atoms with E-state index >= 15 is 0 Å². The number of amides is 1. The van der Waals surface area contributed by atoms with E-state index in [0.717, 1.165) is 6.42 Å². The van der Waals surface area contributed by atoms with Crippen LogP contribution in [0.2, 0.25) is 0 Å². The summed E-state index contributed by atoms with van der Waals surface area (Å²) in [6, 6.07) is 16.1. The number of carbonyl (C=O) groups is 2. The summed E-state index contributed by atoms with van der Waals surface area (Å²) >= 11 is 0. The molecule has 0 radical (unpaired) electrons. The van der Waals surface area contributed by atoms with E-state index in [1.165, 1.54) is 0 Å². The van der Waals surface area contributed by atoms with Crippen molar-refractivity contribution in [2.75, 3.05) is 5.32 Å². The molecule has 0 spiro atoms. The lowest BCUT2D eigenvalue weighted by Crippen LogP contribution is -2.19. The highest BCUT2D eigenvalue weighted by molar-refractivity contribution is 6.09. The molecule has 3 nitrogen and oxygen atoms in total. The van der Waals surface area contributed by atoms with E-state index in [1.54, 1.807) is 36.4 Å². The van der Waals surface area contributed by atoms with Gasteiger partial charge in [-0.15, -0.1) is 0 Å². The highest BCUT2D eigenvalue weighted by atomic mass is 16.1. The number of rotatable bonds is 5. The number of hydrogen-bond acceptors (Lipinski definition) is 2. The second-order valence-corrected chi connectivity index (χ2v) is 5.07. The molecule has 0 aliphatic heterocycles. The van der Waals surface area contributed by atoms with Crippen LogP contribution in [0.15, 0.2) is 54.6 Å². The zero-order valence-electron chi connectivity index (χ0n) is 12.3. The second-order valence-electron chi connectivity index (χ2n) is 5.07. The van der Waals surface area contributed by atoms with E-state index in [-0.39, 0.29) is 17.6 Å². The van der Waals surface area contributed by atoms with Crippen molar-refractivity contribution < 1.29 is 9.59 Å². The lowest BCUT2D eigenvalue weighted by molar-refractivity contribution is -0.119. The normalized spacial score (nSPS) is 11.7. The van der Waals surface area contributed by atoms with Gasteiger partial charge in [-0.2, -0.15) is 0 Å². The Morgan fingerprint density at radius 2 is 1.52 bits per heavy atom. The number of hydrogen-bond donors (Lipinski definition) is 1. The largest absolute Gasteiger partial charge is 0.326 e. The van der Waals surface area contributed by atoms with Crippen molar-refractivity contribution >= 4 is 17.4 Å². The van der Waals surface area contributed by atoms with Crippen LogP contribution in [0.25, 0.3) is 0 Å². The lowest BCUT2D eigenvalue weighted by atomic mass is 10.0. The van der Waals surface area contributed by atoms with Gasteiger partial charge in [-0.25, -0.2) is 0 Å². The summed E-state index contributed by atoms with van der Waals surface area (Å²) in [4.78, 5) is 24.1. The van der Waals surface area contributed by atoms with Crippen LogP contribution in [0, 0.1) is 5.92 Å². The van der Waals surface area contributed by atoms with Gasteiger partial charge < -0.3 is 5.32 Å². The van der Waals surface area contributed by atoms with Gasteiger partial charge in [0, 0.05) is 22.7 Å². The predicted molar refractivity (Wildman–Crippen MR) is 84.4 cm³/mol. The van der Waals surface area contributed by atoms with Gasteiger partial charge in [0.25, 0.3) is 0 Å². The molecule has 0 saturated heterocycles. The summed E-state index contributed by atoms with van der Waals surface area (Å²) in [5.74, 6) is -0.0364. The molecule has 0 aliphatic rings. The molecule has 0 heterocycles. The van der Waals surface area contributed by atoms with Crippen LogP contribution in [0.3, 0.4) is 0 Å². The van der Waals surface area contributed by atoms with Crippen molar-refractivity contribution in [2.45, 2.75) is 20.3 Å². The average Bonchev–Trinajstić information content (AvgIpc) is 2.55. The van der Waals surface area contributed by atoms with Crippen LogP contribution in [0.5, 0.6) is 0 Å². The first kappa shape index (κ1) is 15.0. The standard InChI is InChI=1S/C18H19NO2/c1-3-13(2)18(21)19-16-11-9-15(10-12-16)17(20)14-7-5-4-6-8-14/h4-13H,3H2,1-2H3,(H,19,21)/t13-/m0/s1. The highest BCUT2D eigenvalue weighted by Crippen LogP contribution is 2.15. The monoisotopic (exact) mass is 281 g/mol. The highest BCUT2D eigenvalue weighted by Gasteiger charge is 2.11. The summed E-state index contributed by atoms with van der Waals surface area (Å²) in [5.41, 5.74) is 1.99. The van der Waals surface area contributed by atoms with Gasteiger partial charge in [0.05, 0.1) is 0 Å². The number of carbonyl (C=O) groups excluding carboxylic acids is 2. The van der Waals surface area contributed by atoms with Gasteiger partial charge >= 0.3 is 0 Å². The van der Waals surface area contributed by atoms with Crippen molar-refractivity contribution in [3.63, 3.8) is 0 Å². The molecule has 21 heavy (non-hydrogen) atoms. The molecule has 0 aromatic heterocycles. The summed E-state index contributed by atoms with van der Waals surface area (Å²) in [6.45, 7) is 3.87. The van der Waals surface area contributed by atoms with E-state index < -0.39 is 0 Å². The van der Waals surface area contributed by atoms with E-state index in [0.29, 0.717) is 16.8 Å². The second kappa shape index (κ2) is 6.84. The molecular formula is C18H19NO2. The summed E-state index contributed by atoms with van der Waals surface area (Å²) in [7, 11) is 0. The Morgan fingerprint density at radius 3 is 2.10 bits per heavy atom. The third kappa shape index (κ3) is 3.78. The first-order valence-corrected chi connectivity index (χ1v) is 7.12. The van der Waals surface area contributed by atoms with Crippen molar-refractivity contribution in [1.29, 1.82) is 0 Å². The van der Waals surface area contributed by atoms with Crippen LogP contribution in [-0.4, -0.2) is 11.7 Å². The molecule has 108 valence electrons.